The number of aromatic nitrogens is 2. The van der Waals surface area contributed by atoms with Crippen LogP contribution in [0.2, 0.25) is 0 Å². The molecule has 3 rings (SSSR count). The fraction of sp³-hybridized carbons (Fsp3) is 0.467. The van der Waals surface area contributed by atoms with Gasteiger partial charge in [0.15, 0.2) is 0 Å². The van der Waals surface area contributed by atoms with Crippen molar-refractivity contribution < 1.29 is 4.74 Å². The van der Waals surface area contributed by atoms with Crippen LogP contribution in [0.3, 0.4) is 0 Å². The van der Waals surface area contributed by atoms with Crippen molar-refractivity contribution in [1.82, 2.24) is 20.2 Å². The van der Waals surface area contributed by atoms with Crippen LogP contribution in [0.25, 0.3) is 0 Å². The molecule has 0 saturated carbocycles. The summed E-state index contributed by atoms with van der Waals surface area (Å²) < 4.78 is 5.16. The second-order valence-electron chi connectivity index (χ2n) is 5.12. The molecule has 120 valence electrons. The van der Waals surface area contributed by atoms with E-state index < -0.39 is 0 Å². The maximum Gasteiger partial charge on any atom is 0.107 e. The molecule has 0 amide bonds. The van der Waals surface area contributed by atoms with Crippen LogP contribution in [0.5, 0.6) is 0 Å². The van der Waals surface area contributed by atoms with Crippen molar-refractivity contribution in [3.05, 3.63) is 46.2 Å². The summed E-state index contributed by atoms with van der Waals surface area (Å²) in [6.07, 6.45) is 5.65. The average Bonchev–Trinajstić information content (AvgIpc) is 2.96. The number of hydrogen-bond donors (Lipinski definition) is 1. The number of nitrogens with zero attached hydrogens (tertiary/aromatic N) is 3. The molecule has 1 aliphatic rings. The molecule has 7 heteroatoms. The topological polar surface area (TPSA) is 50.3 Å². The quantitative estimate of drug-likeness (QED) is 0.904. The summed E-state index contributed by atoms with van der Waals surface area (Å²) in [5, 5.41) is 4.63. The first kappa shape index (κ1) is 17.3. The number of methoxy groups -OCH3 is 1. The SMILES string of the molecule is COCc1cnc(CN2CCNCC2c2ccncc2)s1.Cl. The summed E-state index contributed by atoms with van der Waals surface area (Å²) in [5.41, 5.74) is 1.31. The minimum Gasteiger partial charge on any atom is -0.379 e. The van der Waals surface area contributed by atoms with Crippen molar-refractivity contribution in [2.75, 3.05) is 26.7 Å². The third kappa shape index (κ3) is 4.24. The molecule has 1 fully saturated rings. The van der Waals surface area contributed by atoms with Gasteiger partial charge in [-0.3, -0.25) is 9.88 Å². The zero-order chi connectivity index (χ0) is 14.5. The number of ether oxygens (including phenoxy) is 1. The number of piperazine rings is 1. The third-order valence-electron chi connectivity index (χ3n) is 3.67. The maximum absolute atomic E-state index is 5.16. The Bertz CT molecular complexity index is 566. The zero-order valence-corrected chi connectivity index (χ0v) is 14.2. The Morgan fingerprint density at radius 1 is 1.41 bits per heavy atom. The van der Waals surface area contributed by atoms with Gasteiger partial charge >= 0.3 is 0 Å². The van der Waals surface area contributed by atoms with Gasteiger partial charge in [-0.1, -0.05) is 0 Å². The van der Waals surface area contributed by atoms with Gasteiger partial charge in [0.05, 0.1) is 18.0 Å². The first-order chi connectivity index (χ1) is 10.4. The lowest BCUT2D eigenvalue weighted by molar-refractivity contribution is 0.153. The highest BCUT2D eigenvalue weighted by Gasteiger charge is 2.24. The summed E-state index contributed by atoms with van der Waals surface area (Å²) in [4.78, 5) is 12.3. The second kappa shape index (κ2) is 8.55. The van der Waals surface area contributed by atoms with Crippen molar-refractivity contribution in [3.63, 3.8) is 0 Å². The van der Waals surface area contributed by atoms with Gasteiger partial charge in [0.2, 0.25) is 0 Å². The number of pyridine rings is 1. The molecule has 1 N–H and O–H groups in total. The van der Waals surface area contributed by atoms with E-state index in [4.69, 9.17) is 4.74 Å². The van der Waals surface area contributed by atoms with Gasteiger partial charge < -0.3 is 10.1 Å². The number of thiazole rings is 1. The molecular weight excluding hydrogens is 320 g/mol. The highest BCUT2D eigenvalue weighted by atomic mass is 35.5. The minimum atomic E-state index is 0. The molecule has 0 spiro atoms. The molecule has 22 heavy (non-hydrogen) atoms. The van der Waals surface area contributed by atoms with Crippen LogP contribution in [-0.4, -0.2) is 41.6 Å². The van der Waals surface area contributed by atoms with Crippen LogP contribution in [0.1, 0.15) is 21.5 Å². The molecular formula is C15H21ClN4OS. The van der Waals surface area contributed by atoms with Gasteiger partial charge in [-0.25, -0.2) is 4.98 Å². The molecule has 0 aliphatic carbocycles. The van der Waals surface area contributed by atoms with Crippen molar-refractivity contribution in [2.45, 2.75) is 19.2 Å². The van der Waals surface area contributed by atoms with E-state index in [0.29, 0.717) is 12.6 Å². The number of hydrogen-bond acceptors (Lipinski definition) is 6. The lowest BCUT2D eigenvalue weighted by Gasteiger charge is -2.35. The largest absolute Gasteiger partial charge is 0.379 e. The van der Waals surface area contributed by atoms with Crippen molar-refractivity contribution >= 4 is 23.7 Å². The van der Waals surface area contributed by atoms with Crippen LogP contribution < -0.4 is 5.32 Å². The first-order valence-corrected chi connectivity index (χ1v) is 7.95. The Morgan fingerprint density at radius 2 is 2.23 bits per heavy atom. The third-order valence-corrected chi connectivity index (χ3v) is 4.63. The Kier molecular flexibility index (Phi) is 6.72. The monoisotopic (exact) mass is 340 g/mol. The fourth-order valence-corrected chi connectivity index (χ4v) is 3.57. The zero-order valence-electron chi connectivity index (χ0n) is 12.6. The highest BCUT2D eigenvalue weighted by molar-refractivity contribution is 7.11. The summed E-state index contributed by atoms with van der Waals surface area (Å²) in [6, 6.07) is 4.59. The number of halogens is 1. The van der Waals surface area contributed by atoms with Gasteiger partial charge in [-0.15, -0.1) is 23.7 Å². The summed E-state index contributed by atoms with van der Waals surface area (Å²) in [5.74, 6) is 0. The molecule has 1 unspecified atom stereocenters. The Balaban J connectivity index is 0.00000176. The van der Waals surface area contributed by atoms with E-state index in [-0.39, 0.29) is 12.4 Å². The molecule has 5 nitrogen and oxygen atoms in total. The molecule has 0 bridgehead atoms. The van der Waals surface area contributed by atoms with Gasteiger partial charge in [0.25, 0.3) is 0 Å². The molecule has 0 aromatic carbocycles. The predicted molar refractivity (Wildman–Crippen MR) is 90.3 cm³/mol. The van der Waals surface area contributed by atoms with Gasteiger partial charge in [0.1, 0.15) is 5.01 Å². The second-order valence-corrected chi connectivity index (χ2v) is 6.32. The van der Waals surface area contributed by atoms with Crippen molar-refractivity contribution in [2.24, 2.45) is 0 Å². The van der Waals surface area contributed by atoms with E-state index in [1.807, 2.05) is 18.6 Å². The standard InChI is InChI=1S/C15H20N4OS.ClH/c1-20-11-13-8-18-15(21-13)10-19-7-6-17-9-14(19)12-2-4-16-5-3-12;/h2-5,8,14,17H,6-7,9-11H2,1H3;1H. The minimum absolute atomic E-state index is 0. The fourth-order valence-electron chi connectivity index (χ4n) is 2.65. The summed E-state index contributed by atoms with van der Waals surface area (Å²) >= 11 is 1.74. The maximum atomic E-state index is 5.16. The lowest BCUT2D eigenvalue weighted by Crippen LogP contribution is -2.45. The molecule has 0 radical (unpaired) electrons. The molecule has 1 saturated heterocycles. The normalized spacial score (nSPS) is 18.9. The van der Waals surface area contributed by atoms with E-state index in [1.165, 1.54) is 10.4 Å². The molecule has 2 aromatic heterocycles. The van der Waals surface area contributed by atoms with Crippen molar-refractivity contribution in [3.8, 4) is 0 Å². The molecule has 1 atom stereocenters. The van der Waals surface area contributed by atoms with E-state index in [1.54, 1.807) is 18.4 Å². The van der Waals surface area contributed by atoms with Crippen LogP contribution in [0.15, 0.2) is 30.7 Å². The Hall–Kier alpha value is -1.05. The summed E-state index contributed by atoms with van der Waals surface area (Å²) in [6.45, 7) is 4.57. The van der Waals surface area contributed by atoms with Crippen molar-refractivity contribution in [1.29, 1.82) is 0 Å². The van der Waals surface area contributed by atoms with Gasteiger partial charge in [-0.05, 0) is 17.7 Å². The van der Waals surface area contributed by atoms with E-state index >= 15 is 0 Å². The molecule has 3 heterocycles. The summed E-state index contributed by atoms with van der Waals surface area (Å²) in [7, 11) is 1.72. The van der Waals surface area contributed by atoms with Gasteiger partial charge in [-0.2, -0.15) is 0 Å². The highest BCUT2D eigenvalue weighted by Crippen LogP contribution is 2.25. The number of nitrogens with one attached hydrogen (secondary N) is 1. The predicted octanol–water partition coefficient (Wildman–Crippen LogP) is 2.25. The Morgan fingerprint density at radius 3 is 3.00 bits per heavy atom. The van der Waals surface area contributed by atoms with Crippen LogP contribution >= 0.6 is 23.7 Å². The molecule has 2 aromatic rings. The van der Waals surface area contributed by atoms with E-state index in [2.05, 4.69) is 32.3 Å². The number of rotatable bonds is 5. The molecule has 1 aliphatic heterocycles. The van der Waals surface area contributed by atoms with Crippen LogP contribution in [0, 0.1) is 0 Å². The van der Waals surface area contributed by atoms with Crippen LogP contribution in [-0.2, 0) is 17.9 Å². The first-order valence-electron chi connectivity index (χ1n) is 7.14. The van der Waals surface area contributed by atoms with Gasteiger partial charge in [0, 0.05) is 51.4 Å². The lowest BCUT2D eigenvalue weighted by atomic mass is 10.0. The average molecular weight is 341 g/mol. The van der Waals surface area contributed by atoms with E-state index in [0.717, 1.165) is 31.2 Å². The van der Waals surface area contributed by atoms with Crippen LogP contribution in [0.4, 0.5) is 0 Å². The Labute approximate surface area is 141 Å². The smallest absolute Gasteiger partial charge is 0.107 e. The van der Waals surface area contributed by atoms with E-state index in [9.17, 15) is 0 Å².